The molecule has 0 spiro atoms. The van der Waals surface area contributed by atoms with E-state index in [4.69, 9.17) is 0 Å². The lowest BCUT2D eigenvalue weighted by Crippen LogP contribution is -2.42. The zero-order chi connectivity index (χ0) is 22.9. The molecule has 0 aliphatic carbocycles. The number of sulfonamides is 1. The van der Waals surface area contributed by atoms with Gasteiger partial charge >= 0.3 is 0 Å². The van der Waals surface area contributed by atoms with Gasteiger partial charge in [-0.3, -0.25) is 9.59 Å². The molecular formula is C24H29N3O4S. The van der Waals surface area contributed by atoms with Crippen molar-refractivity contribution in [2.45, 2.75) is 50.5 Å². The quantitative estimate of drug-likeness (QED) is 0.750. The number of likely N-dealkylation sites (tertiary alicyclic amines) is 1. The van der Waals surface area contributed by atoms with Gasteiger partial charge in [0, 0.05) is 33.0 Å². The lowest BCUT2D eigenvalue weighted by Gasteiger charge is -2.37. The first-order chi connectivity index (χ1) is 15.3. The van der Waals surface area contributed by atoms with E-state index in [9.17, 15) is 18.0 Å². The zero-order valence-electron chi connectivity index (χ0n) is 18.5. The third-order valence-corrected chi connectivity index (χ3v) is 8.17. The van der Waals surface area contributed by atoms with Crippen LogP contribution in [-0.2, 0) is 26.0 Å². The Labute approximate surface area is 189 Å². The van der Waals surface area contributed by atoms with Crippen molar-refractivity contribution in [1.29, 1.82) is 0 Å². The fraction of sp³-hybridized carbons (Fsp3) is 0.417. The van der Waals surface area contributed by atoms with Gasteiger partial charge in [-0.25, -0.2) is 8.42 Å². The number of hydrogen-bond acceptors (Lipinski definition) is 4. The van der Waals surface area contributed by atoms with Gasteiger partial charge in [-0.1, -0.05) is 30.3 Å². The summed E-state index contributed by atoms with van der Waals surface area (Å²) in [4.78, 5) is 26.6. The Morgan fingerprint density at radius 2 is 1.78 bits per heavy atom. The molecule has 1 atom stereocenters. The van der Waals surface area contributed by atoms with E-state index >= 15 is 0 Å². The molecule has 1 saturated heterocycles. The summed E-state index contributed by atoms with van der Waals surface area (Å²) < 4.78 is 29.3. The summed E-state index contributed by atoms with van der Waals surface area (Å²) in [6.07, 6.45) is 2.65. The summed E-state index contributed by atoms with van der Waals surface area (Å²) in [5, 5.41) is 2.65. The van der Waals surface area contributed by atoms with E-state index in [1.165, 1.54) is 11.2 Å². The summed E-state index contributed by atoms with van der Waals surface area (Å²) >= 11 is 0. The van der Waals surface area contributed by atoms with E-state index in [1.54, 1.807) is 18.2 Å². The predicted octanol–water partition coefficient (Wildman–Crippen LogP) is 3.25. The number of rotatable bonds is 5. The van der Waals surface area contributed by atoms with Crippen LogP contribution in [0, 0.1) is 6.92 Å². The van der Waals surface area contributed by atoms with Gasteiger partial charge in [0.1, 0.15) is 4.90 Å². The Balaban J connectivity index is 1.76. The lowest BCUT2D eigenvalue weighted by atomic mass is 9.92. The number of carbonyl (C=O) groups excluding carboxylic acids is 2. The average Bonchev–Trinajstić information content (AvgIpc) is 3.30. The second-order valence-corrected chi connectivity index (χ2v) is 10.4. The molecule has 2 amide bonds. The molecule has 170 valence electrons. The molecule has 0 aromatic heterocycles. The topological polar surface area (TPSA) is 86.8 Å². The molecule has 0 bridgehead atoms. The fourth-order valence-corrected chi connectivity index (χ4v) is 6.49. The van der Waals surface area contributed by atoms with E-state index in [0.29, 0.717) is 6.42 Å². The molecule has 7 nitrogen and oxygen atoms in total. The summed E-state index contributed by atoms with van der Waals surface area (Å²) in [5.74, 6) is -0.356. The maximum Gasteiger partial charge on any atom is 0.245 e. The van der Waals surface area contributed by atoms with Crippen molar-refractivity contribution >= 4 is 27.5 Å². The van der Waals surface area contributed by atoms with Crippen LogP contribution in [0.3, 0.4) is 0 Å². The van der Waals surface area contributed by atoms with Gasteiger partial charge < -0.3 is 10.2 Å². The van der Waals surface area contributed by atoms with Crippen LogP contribution in [0.5, 0.6) is 0 Å². The molecule has 4 rings (SSSR count). The normalized spacial score (nSPS) is 18.9. The second-order valence-electron chi connectivity index (χ2n) is 8.55. The van der Waals surface area contributed by atoms with Crippen molar-refractivity contribution in [1.82, 2.24) is 9.21 Å². The molecular weight excluding hydrogens is 426 g/mol. The van der Waals surface area contributed by atoms with Crippen LogP contribution in [0.4, 0.5) is 5.69 Å². The largest absolute Gasteiger partial charge is 0.343 e. The SMILES string of the molecule is CC(=O)Nc1ccc(C)cc1S(=O)(=O)N1CCc2ccccc2[C@H]1CC(=O)N1CCCC1. The van der Waals surface area contributed by atoms with Gasteiger partial charge in [0.05, 0.1) is 11.7 Å². The van der Waals surface area contributed by atoms with Crippen molar-refractivity contribution in [3.05, 3.63) is 59.2 Å². The van der Waals surface area contributed by atoms with Crippen LogP contribution in [0.15, 0.2) is 47.4 Å². The van der Waals surface area contributed by atoms with Gasteiger partial charge in [0.25, 0.3) is 0 Å². The standard InChI is InChI=1S/C24H29N3O4S/c1-17-9-10-21(25-18(2)28)23(15-17)32(30,31)27-14-11-19-7-3-4-8-20(19)22(27)16-24(29)26-12-5-6-13-26/h3-4,7-10,15,22H,5-6,11-14,16H2,1-2H3,(H,25,28)/t22-/m1/s1. The van der Waals surface area contributed by atoms with E-state index in [0.717, 1.165) is 42.6 Å². The van der Waals surface area contributed by atoms with E-state index < -0.39 is 16.1 Å². The van der Waals surface area contributed by atoms with E-state index in [2.05, 4.69) is 5.32 Å². The predicted molar refractivity (Wildman–Crippen MR) is 123 cm³/mol. The number of hydrogen-bond donors (Lipinski definition) is 1. The Kier molecular flexibility index (Phi) is 6.35. The summed E-state index contributed by atoms with van der Waals surface area (Å²) in [7, 11) is -3.97. The van der Waals surface area contributed by atoms with Gasteiger partial charge in [0.15, 0.2) is 0 Å². The Hall–Kier alpha value is -2.71. The summed E-state index contributed by atoms with van der Waals surface area (Å²) in [5.41, 5.74) is 2.99. The molecule has 2 heterocycles. The number of fused-ring (bicyclic) bond motifs is 1. The maximum absolute atomic E-state index is 13.9. The van der Waals surface area contributed by atoms with Crippen molar-refractivity contribution in [3.8, 4) is 0 Å². The third-order valence-electron chi connectivity index (χ3n) is 6.22. The zero-order valence-corrected chi connectivity index (χ0v) is 19.3. The van der Waals surface area contributed by atoms with Crippen LogP contribution in [0.1, 0.15) is 48.9 Å². The van der Waals surface area contributed by atoms with Gasteiger partial charge in [-0.15, -0.1) is 0 Å². The van der Waals surface area contributed by atoms with Crippen LogP contribution in [-0.4, -0.2) is 49.1 Å². The highest BCUT2D eigenvalue weighted by molar-refractivity contribution is 7.89. The number of amides is 2. The molecule has 1 N–H and O–H groups in total. The minimum atomic E-state index is -3.97. The van der Waals surface area contributed by atoms with Crippen LogP contribution < -0.4 is 5.32 Å². The van der Waals surface area contributed by atoms with E-state index in [1.807, 2.05) is 36.1 Å². The molecule has 2 aromatic rings. The monoisotopic (exact) mass is 455 g/mol. The molecule has 32 heavy (non-hydrogen) atoms. The summed E-state index contributed by atoms with van der Waals surface area (Å²) in [6.45, 7) is 4.90. The number of nitrogens with zero attached hydrogens (tertiary/aromatic N) is 2. The highest BCUT2D eigenvalue weighted by atomic mass is 32.2. The molecule has 8 heteroatoms. The van der Waals surface area contributed by atoms with Gasteiger partial charge in [0.2, 0.25) is 21.8 Å². The first-order valence-corrected chi connectivity index (χ1v) is 12.5. The number of carbonyl (C=O) groups is 2. The van der Waals surface area contributed by atoms with Gasteiger partial charge in [-0.2, -0.15) is 4.31 Å². The average molecular weight is 456 g/mol. The molecule has 2 aliphatic rings. The molecule has 1 fully saturated rings. The first kappa shape index (κ1) is 22.5. The van der Waals surface area contributed by atoms with Crippen molar-refractivity contribution in [2.24, 2.45) is 0 Å². The van der Waals surface area contributed by atoms with E-state index in [-0.39, 0.29) is 35.4 Å². The molecule has 2 aliphatic heterocycles. The summed E-state index contributed by atoms with van der Waals surface area (Å²) in [6, 6.07) is 12.1. The highest BCUT2D eigenvalue weighted by Gasteiger charge is 2.39. The lowest BCUT2D eigenvalue weighted by molar-refractivity contribution is -0.131. The minimum Gasteiger partial charge on any atom is -0.343 e. The van der Waals surface area contributed by atoms with Crippen molar-refractivity contribution in [2.75, 3.05) is 25.0 Å². The highest BCUT2D eigenvalue weighted by Crippen LogP contribution is 2.38. The molecule has 0 radical (unpaired) electrons. The molecule has 0 saturated carbocycles. The van der Waals surface area contributed by atoms with Crippen molar-refractivity contribution in [3.63, 3.8) is 0 Å². The number of benzene rings is 2. The Morgan fingerprint density at radius 3 is 2.50 bits per heavy atom. The van der Waals surface area contributed by atoms with Crippen LogP contribution >= 0.6 is 0 Å². The number of aryl methyl sites for hydroxylation is 1. The smallest absolute Gasteiger partial charge is 0.245 e. The molecule has 2 aromatic carbocycles. The van der Waals surface area contributed by atoms with Crippen molar-refractivity contribution < 1.29 is 18.0 Å². The fourth-order valence-electron chi connectivity index (χ4n) is 4.65. The number of nitrogens with one attached hydrogen (secondary N) is 1. The third kappa shape index (κ3) is 4.42. The second kappa shape index (κ2) is 9.03. The maximum atomic E-state index is 13.9. The van der Waals surface area contributed by atoms with Gasteiger partial charge in [-0.05, 0) is 55.0 Å². The Morgan fingerprint density at radius 1 is 1.06 bits per heavy atom. The van der Waals surface area contributed by atoms with Crippen LogP contribution in [0.2, 0.25) is 0 Å². The number of anilines is 1. The molecule has 0 unspecified atom stereocenters. The first-order valence-electron chi connectivity index (χ1n) is 11.0. The minimum absolute atomic E-state index is 0.0178. The van der Waals surface area contributed by atoms with Crippen LogP contribution in [0.25, 0.3) is 0 Å². The Bertz CT molecular complexity index is 1140.